The van der Waals surface area contributed by atoms with E-state index in [4.69, 9.17) is 4.74 Å². The summed E-state index contributed by atoms with van der Waals surface area (Å²) in [5.41, 5.74) is 3.14. The zero-order chi connectivity index (χ0) is 19.8. The van der Waals surface area contributed by atoms with Gasteiger partial charge in [0.25, 0.3) is 5.91 Å². The van der Waals surface area contributed by atoms with Crippen LogP contribution in [-0.4, -0.2) is 32.6 Å². The molecule has 1 N–H and O–H groups in total. The Balaban J connectivity index is 1.96. The molecule has 0 unspecified atom stereocenters. The van der Waals surface area contributed by atoms with Gasteiger partial charge in [0.15, 0.2) is 6.61 Å². The molecule has 2 rings (SSSR count). The third-order valence-corrected chi connectivity index (χ3v) is 3.70. The summed E-state index contributed by atoms with van der Waals surface area (Å²) < 4.78 is 4.94. The van der Waals surface area contributed by atoms with Gasteiger partial charge in [-0.3, -0.25) is 4.79 Å². The second kappa shape index (κ2) is 9.20. The summed E-state index contributed by atoms with van der Waals surface area (Å²) in [6.07, 6.45) is 1.43. The molecule has 0 spiro atoms. The van der Waals surface area contributed by atoms with Gasteiger partial charge in [-0.1, -0.05) is 24.3 Å². The van der Waals surface area contributed by atoms with E-state index in [1.807, 2.05) is 56.3 Å². The molecule has 0 heterocycles. The van der Waals surface area contributed by atoms with Crippen LogP contribution in [0.15, 0.2) is 54.1 Å². The third-order valence-electron chi connectivity index (χ3n) is 3.70. The highest BCUT2D eigenvalue weighted by molar-refractivity contribution is 6.00. The van der Waals surface area contributed by atoms with E-state index in [1.165, 1.54) is 6.08 Å². The first kappa shape index (κ1) is 19.7. The topological polar surface area (TPSA) is 82.4 Å². The molecule has 138 valence electrons. The number of carbonyl (C=O) groups is 2. The van der Waals surface area contributed by atoms with E-state index in [-0.39, 0.29) is 5.57 Å². The minimum atomic E-state index is -0.839. The monoisotopic (exact) mass is 363 g/mol. The average molecular weight is 363 g/mol. The second-order valence-corrected chi connectivity index (χ2v) is 6.15. The van der Waals surface area contributed by atoms with Gasteiger partial charge in [0.05, 0.1) is 0 Å². The highest BCUT2D eigenvalue weighted by Gasteiger charge is 2.13. The molecule has 2 aromatic rings. The zero-order valence-electron chi connectivity index (χ0n) is 15.5. The Kier molecular flexibility index (Phi) is 6.73. The van der Waals surface area contributed by atoms with Crippen molar-refractivity contribution in [2.24, 2.45) is 0 Å². The number of carbonyl (C=O) groups excluding carboxylic acids is 2. The molecule has 0 aromatic heterocycles. The van der Waals surface area contributed by atoms with Gasteiger partial charge in [-0.25, -0.2) is 4.79 Å². The van der Waals surface area contributed by atoms with Crippen molar-refractivity contribution >= 4 is 29.3 Å². The maximum absolute atomic E-state index is 12.1. The third kappa shape index (κ3) is 6.01. The van der Waals surface area contributed by atoms with E-state index < -0.39 is 18.5 Å². The fraction of sp³-hybridized carbons (Fsp3) is 0.190. The molecule has 0 radical (unpaired) electrons. The maximum atomic E-state index is 12.1. The number of amides is 1. The minimum absolute atomic E-state index is 0.170. The van der Waals surface area contributed by atoms with Gasteiger partial charge in [0.2, 0.25) is 0 Å². The van der Waals surface area contributed by atoms with E-state index in [2.05, 4.69) is 5.32 Å². The molecular formula is C21H21N3O3. The zero-order valence-corrected chi connectivity index (χ0v) is 15.5. The van der Waals surface area contributed by atoms with E-state index in [0.29, 0.717) is 11.3 Å². The number of hydrogen-bond acceptors (Lipinski definition) is 5. The first-order valence-electron chi connectivity index (χ1n) is 8.32. The van der Waals surface area contributed by atoms with Crippen LogP contribution in [0.3, 0.4) is 0 Å². The Bertz CT molecular complexity index is 894. The summed E-state index contributed by atoms with van der Waals surface area (Å²) in [6.45, 7) is 1.44. The summed E-state index contributed by atoms with van der Waals surface area (Å²) in [5, 5.41) is 11.8. The Labute approximate surface area is 158 Å². The van der Waals surface area contributed by atoms with Crippen LogP contribution >= 0.6 is 0 Å². The van der Waals surface area contributed by atoms with Crippen LogP contribution in [0.25, 0.3) is 6.08 Å². The predicted molar refractivity (Wildman–Crippen MR) is 105 cm³/mol. The molecule has 0 saturated carbocycles. The molecule has 0 atom stereocenters. The summed E-state index contributed by atoms with van der Waals surface area (Å²) in [4.78, 5) is 25.9. The van der Waals surface area contributed by atoms with Crippen LogP contribution in [0.4, 0.5) is 11.4 Å². The van der Waals surface area contributed by atoms with Crippen LogP contribution in [0.1, 0.15) is 11.1 Å². The van der Waals surface area contributed by atoms with Crippen LogP contribution in [-0.2, 0) is 14.3 Å². The number of ether oxygens (including phenoxy) is 1. The molecule has 0 fully saturated rings. The van der Waals surface area contributed by atoms with Gasteiger partial charge in [0, 0.05) is 25.5 Å². The quantitative estimate of drug-likeness (QED) is 0.484. The van der Waals surface area contributed by atoms with Gasteiger partial charge < -0.3 is 15.0 Å². The lowest BCUT2D eigenvalue weighted by atomic mass is 10.1. The minimum Gasteiger partial charge on any atom is -0.451 e. The maximum Gasteiger partial charge on any atom is 0.349 e. The van der Waals surface area contributed by atoms with Crippen molar-refractivity contribution in [2.45, 2.75) is 6.92 Å². The van der Waals surface area contributed by atoms with Crippen molar-refractivity contribution in [3.05, 3.63) is 65.2 Å². The number of anilines is 2. The van der Waals surface area contributed by atoms with Crippen molar-refractivity contribution in [3.8, 4) is 6.07 Å². The van der Waals surface area contributed by atoms with E-state index in [1.54, 1.807) is 24.3 Å². The molecule has 0 bridgehead atoms. The van der Waals surface area contributed by atoms with E-state index in [0.717, 1.165) is 11.3 Å². The molecule has 6 nitrogen and oxygen atoms in total. The Morgan fingerprint density at radius 1 is 1.19 bits per heavy atom. The summed E-state index contributed by atoms with van der Waals surface area (Å²) in [6, 6.07) is 16.4. The second-order valence-electron chi connectivity index (χ2n) is 6.15. The molecule has 6 heteroatoms. The number of esters is 1. The normalized spacial score (nSPS) is 10.7. The molecular weight excluding hydrogens is 342 g/mol. The molecule has 0 aliphatic heterocycles. The van der Waals surface area contributed by atoms with Crippen molar-refractivity contribution in [3.63, 3.8) is 0 Å². The predicted octanol–water partition coefficient (Wildman–Crippen LogP) is 3.15. The standard InChI is InChI=1S/C21H21N3O3/c1-15-5-4-6-18(11-15)23-20(25)14-27-21(26)17(13-22)12-16-7-9-19(10-8-16)24(2)3/h4-12H,14H2,1-3H3,(H,23,25)/b17-12+. The number of nitriles is 1. The van der Waals surface area contributed by atoms with Crippen LogP contribution < -0.4 is 10.2 Å². The van der Waals surface area contributed by atoms with Gasteiger partial charge in [-0.05, 0) is 48.4 Å². The van der Waals surface area contributed by atoms with Crippen LogP contribution in [0.5, 0.6) is 0 Å². The molecule has 0 aliphatic rings. The SMILES string of the molecule is Cc1cccc(NC(=O)COC(=O)/C(C#N)=C/c2ccc(N(C)C)cc2)c1. The van der Waals surface area contributed by atoms with Gasteiger partial charge in [-0.15, -0.1) is 0 Å². The smallest absolute Gasteiger partial charge is 0.349 e. The number of benzene rings is 2. The fourth-order valence-electron chi connectivity index (χ4n) is 2.30. The Morgan fingerprint density at radius 3 is 2.48 bits per heavy atom. The molecule has 0 saturated heterocycles. The summed E-state index contributed by atoms with van der Waals surface area (Å²) in [5.74, 6) is -1.31. The van der Waals surface area contributed by atoms with Crippen molar-refractivity contribution in [1.82, 2.24) is 0 Å². The molecule has 2 aromatic carbocycles. The van der Waals surface area contributed by atoms with Gasteiger partial charge >= 0.3 is 5.97 Å². The number of aryl methyl sites for hydroxylation is 1. The Hall–Kier alpha value is -3.59. The first-order chi connectivity index (χ1) is 12.9. The lowest BCUT2D eigenvalue weighted by Crippen LogP contribution is -2.21. The lowest BCUT2D eigenvalue weighted by molar-refractivity contribution is -0.142. The van der Waals surface area contributed by atoms with E-state index in [9.17, 15) is 14.9 Å². The lowest BCUT2D eigenvalue weighted by Gasteiger charge is -2.11. The highest BCUT2D eigenvalue weighted by atomic mass is 16.5. The van der Waals surface area contributed by atoms with Gasteiger partial charge in [-0.2, -0.15) is 5.26 Å². The Morgan fingerprint density at radius 2 is 1.89 bits per heavy atom. The largest absolute Gasteiger partial charge is 0.451 e. The summed E-state index contributed by atoms with van der Waals surface area (Å²) in [7, 11) is 3.84. The number of hydrogen-bond donors (Lipinski definition) is 1. The van der Waals surface area contributed by atoms with E-state index >= 15 is 0 Å². The van der Waals surface area contributed by atoms with Crippen LogP contribution in [0, 0.1) is 18.3 Å². The first-order valence-corrected chi connectivity index (χ1v) is 8.32. The summed E-state index contributed by atoms with van der Waals surface area (Å²) >= 11 is 0. The van der Waals surface area contributed by atoms with Crippen LogP contribution in [0.2, 0.25) is 0 Å². The fourth-order valence-corrected chi connectivity index (χ4v) is 2.30. The number of nitrogens with one attached hydrogen (secondary N) is 1. The van der Waals surface area contributed by atoms with Crippen molar-refractivity contribution in [2.75, 3.05) is 30.9 Å². The van der Waals surface area contributed by atoms with Crippen molar-refractivity contribution < 1.29 is 14.3 Å². The van der Waals surface area contributed by atoms with Crippen molar-refractivity contribution in [1.29, 1.82) is 5.26 Å². The molecule has 0 aliphatic carbocycles. The number of nitrogens with zero attached hydrogens (tertiary/aromatic N) is 2. The number of rotatable bonds is 6. The highest BCUT2D eigenvalue weighted by Crippen LogP contribution is 2.15. The molecule has 1 amide bonds. The molecule has 27 heavy (non-hydrogen) atoms. The van der Waals surface area contributed by atoms with Gasteiger partial charge in [0.1, 0.15) is 11.6 Å². The average Bonchev–Trinajstić information content (AvgIpc) is 2.64.